The van der Waals surface area contributed by atoms with E-state index in [-0.39, 0.29) is 17.1 Å². The minimum absolute atomic E-state index is 0.00626. The van der Waals surface area contributed by atoms with Crippen LogP contribution in [0, 0.1) is 11.3 Å². The predicted octanol–water partition coefficient (Wildman–Crippen LogP) is 3.11. The monoisotopic (exact) mass is 366 g/mol. The number of ether oxygens (including phenoxy) is 3. The topological polar surface area (TPSA) is 101 Å². The van der Waals surface area contributed by atoms with Gasteiger partial charge in [-0.05, 0) is 42.8 Å². The Hall–Kier alpha value is -3.66. The standard InChI is InChI=1S/C20H18N2O5/c1-2-25-18-10-13(3-5-16(18)23)9-14(12-21)20(24)22-15-4-6-17-19(11-15)27-8-7-26-17/h3-6,9-11,23H,2,7-8H2,1H3,(H,22,24)/b14-9-. The molecule has 0 saturated heterocycles. The number of hydrogen-bond acceptors (Lipinski definition) is 6. The van der Waals surface area contributed by atoms with Crippen molar-refractivity contribution in [2.45, 2.75) is 6.92 Å². The van der Waals surface area contributed by atoms with E-state index >= 15 is 0 Å². The third kappa shape index (κ3) is 4.30. The van der Waals surface area contributed by atoms with Gasteiger partial charge in [-0.25, -0.2) is 0 Å². The molecule has 3 rings (SSSR count). The largest absolute Gasteiger partial charge is 0.504 e. The summed E-state index contributed by atoms with van der Waals surface area (Å²) in [7, 11) is 0. The lowest BCUT2D eigenvalue weighted by atomic mass is 10.1. The van der Waals surface area contributed by atoms with Crippen LogP contribution >= 0.6 is 0 Å². The number of phenols is 1. The Labute approximate surface area is 156 Å². The maximum absolute atomic E-state index is 12.4. The molecule has 0 fully saturated rings. The smallest absolute Gasteiger partial charge is 0.266 e. The van der Waals surface area contributed by atoms with Gasteiger partial charge in [-0.3, -0.25) is 4.79 Å². The van der Waals surface area contributed by atoms with E-state index < -0.39 is 5.91 Å². The molecule has 138 valence electrons. The number of nitriles is 1. The average Bonchev–Trinajstić information content (AvgIpc) is 2.68. The molecule has 2 aromatic carbocycles. The molecule has 7 nitrogen and oxygen atoms in total. The number of hydrogen-bond donors (Lipinski definition) is 2. The summed E-state index contributed by atoms with van der Waals surface area (Å²) in [5.74, 6) is 0.883. The van der Waals surface area contributed by atoms with Gasteiger partial charge in [-0.2, -0.15) is 5.26 Å². The molecule has 0 radical (unpaired) electrons. The van der Waals surface area contributed by atoms with Crippen LogP contribution in [0.25, 0.3) is 6.08 Å². The van der Waals surface area contributed by atoms with Crippen LogP contribution in [0.1, 0.15) is 12.5 Å². The second-order valence-corrected chi connectivity index (χ2v) is 5.64. The van der Waals surface area contributed by atoms with Gasteiger partial charge >= 0.3 is 0 Å². The highest BCUT2D eigenvalue weighted by atomic mass is 16.6. The number of aromatic hydroxyl groups is 1. The van der Waals surface area contributed by atoms with Gasteiger partial charge in [0.05, 0.1) is 6.61 Å². The minimum atomic E-state index is -0.555. The number of benzene rings is 2. The lowest BCUT2D eigenvalue weighted by Crippen LogP contribution is -2.17. The van der Waals surface area contributed by atoms with Gasteiger partial charge in [0, 0.05) is 11.8 Å². The zero-order chi connectivity index (χ0) is 19.2. The molecule has 0 unspecified atom stereocenters. The number of phenolic OH excluding ortho intramolecular Hbond substituents is 1. The molecule has 1 aliphatic rings. The normalized spacial score (nSPS) is 12.8. The van der Waals surface area contributed by atoms with Gasteiger partial charge < -0.3 is 24.6 Å². The van der Waals surface area contributed by atoms with E-state index in [1.54, 1.807) is 37.3 Å². The Morgan fingerprint density at radius 2 is 2.04 bits per heavy atom. The Morgan fingerprint density at radius 3 is 2.78 bits per heavy atom. The lowest BCUT2D eigenvalue weighted by Gasteiger charge is -2.18. The molecule has 0 atom stereocenters. The summed E-state index contributed by atoms with van der Waals surface area (Å²) in [5, 5.41) is 21.8. The molecule has 1 heterocycles. The fourth-order valence-corrected chi connectivity index (χ4v) is 2.53. The molecule has 1 amide bonds. The third-order valence-electron chi connectivity index (χ3n) is 3.76. The van der Waals surface area contributed by atoms with Crippen LogP contribution < -0.4 is 19.5 Å². The number of amides is 1. The summed E-state index contributed by atoms with van der Waals surface area (Å²) in [5.41, 5.74) is 0.967. The fraction of sp³-hybridized carbons (Fsp3) is 0.200. The van der Waals surface area contributed by atoms with Crippen molar-refractivity contribution in [1.82, 2.24) is 0 Å². The van der Waals surface area contributed by atoms with Crippen molar-refractivity contribution in [3.63, 3.8) is 0 Å². The van der Waals surface area contributed by atoms with Gasteiger partial charge in [0.15, 0.2) is 23.0 Å². The summed E-state index contributed by atoms with van der Waals surface area (Å²) >= 11 is 0. The molecule has 27 heavy (non-hydrogen) atoms. The minimum Gasteiger partial charge on any atom is -0.504 e. The van der Waals surface area contributed by atoms with Crippen molar-refractivity contribution in [2.24, 2.45) is 0 Å². The van der Waals surface area contributed by atoms with Crippen LogP contribution in [0.2, 0.25) is 0 Å². The number of carbonyl (C=O) groups is 1. The number of nitrogens with one attached hydrogen (secondary N) is 1. The van der Waals surface area contributed by atoms with E-state index in [9.17, 15) is 15.2 Å². The second-order valence-electron chi connectivity index (χ2n) is 5.64. The number of fused-ring (bicyclic) bond motifs is 1. The first-order chi connectivity index (χ1) is 13.1. The fourth-order valence-electron chi connectivity index (χ4n) is 2.53. The summed E-state index contributed by atoms with van der Waals surface area (Å²) in [4.78, 5) is 12.4. The second kappa shape index (κ2) is 8.15. The van der Waals surface area contributed by atoms with Crippen LogP contribution in [-0.4, -0.2) is 30.8 Å². The van der Waals surface area contributed by atoms with Gasteiger partial charge in [0.2, 0.25) is 0 Å². The Bertz CT molecular complexity index is 930. The van der Waals surface area contributed by atoms with Crippen molar-refractivity contribution in [2.75, 3.05) is 25.1 Å². The summed E-state index contributed by atoms with van der Waals surface area (Å²) < 4.78 is 16.2. The van der Waals surface area contributed by atoms with Crippen LogP contribution in [-0.2, 0) is 4.79 Å². The zero-order valence-corrected chi connectivity index (χ0v) is 14.7. The van der Waals surface area contributed by atoms with Crippen molar-refractivity contribution < 1.29 is 24.1 Å². The predicted molar refractivity (Wildman–Crippen MR) is 98.9 cm³/mol. The molecule has 7 heteroatoms. The zero-order valence-electron chi connectivity index (χ0n) is 14.7. The molecule has 0 bridgehead atoms. The van der Waals surface area contributed by atoms with E-state index in [0.29, 0.717) is 42.6 Å². The molecule has 0 spiro atoms. The Morgan fingerprint density at radius 1 is 1.26 bits per heavy atom. The molecular formula is C20H18N2O5. The molecule has 0 aliphatic carbocycles. The number of carbonyl (C=O) groups excluding carboxylic acids is 1. The van der Waals surface area contributed by atoms with Crippen molar-refractivity contribution >= 4 is 17.7 Å². The van der Waals surface area contributed by atoms with Crippen LogP contribution in [0.5, 0.6) is 23.0 Å². The first-order valence-corrected chi connectivity index (χ1v) is 8.39. The van der Waals surface area contributed by atoms with Gasteiger partial charge in [-0.1, -0.05) is 6.07 Å². The first-order valence-electron chi connectivity index (χ1n) is 8.39. The number of anilines is 1. The third-order valence-corrected chi connectivity index (χ3v) is 3.76. The Kier molecular flexibility index (Phi) is 5.47. The van der Waals surface area contributed by atoms with E-state index in [1.165, 1.54) is 12.1 Å². The maximum atomic E-state index is 12.4. The van der Waals surface area contributed by atoms with E-state index in [1.807, 2.05) is 6.07 Å². The summed E-state index contributed by atoms with van der Waals surface area (Å²) in [6.45, 7) is 3.10. The highest BCUT2D eigenvalue weighted by Gasteiger charge is 2.15. The first kappa shape index (κ1) is 18.1. The average molecular weight is 366 g/mol. The van der Waals surface area contributed by atoms with E-state index in [2.05, 4.69) is 5.32 Å². The van der Waals surface area contributed by atoms with Gasteiger partial charge in [-0.15, -0.1) is 0 Å². The SMILES string of the molecule is CCOc1cc(/C=C(/C#N)C(=O)Nc2ccc3c(c2)OCCO3)ccc1O. The maximum Gasteiger partial charge on any atom is 0.266 e. The van der Waals surface area contributed by atoms with Gasteiger partial charge in [0.1, 0.15) is 24.9 Å². The van der Waals surface area contributed by atoms with E-state index in [4.69, 9.17) is 14.2 Å². The van der Waals surface area contributed by atoms with Crippen LogP contribution in [0.4, 0.5) is 5.69 Å². The number of nitrogens with zero attached hydrogens (tertiary/aromatic N) is 1. The molecular weight excluding hydrogens is 348 g/mol. The highest BCUT2D eigenvalue weighted by molar-refractivity contribution is 6.09. The van der Waals surface area contributed by atoms with E-state index in [0.717, 1.165) is 0 Å². The summed E-state index contributed by atoms with van der Waals surface area (Å²) in [6, 6.07) is 11.5. The molecule has 2 N–H and O–H groups in total. The molecule has 0 aromatic heterocycles. The molecule has 1 aliphatic heterocycles. The van der Waals surface area contributed by atoms with Crippen LogP contribution in [0.15, 0.2) is 42.0 Å². The van der Waals surface area contributed by atoms with Crippen LogP contribution in [0.3, 0.4) is 0 Å². The summed E-state index contributed by atoms with van der Waals surface area (Å²) in [6.07, 6.45) is 1.43. The Balaban J connectivity index is 1.79. The van der Waals surface area contributed by atoms with Gasteiger partial charge in [0.25, 0.3) is 5.91 Å². The van der Waals surface area contributed by atoms with Crippen molar-refractivity contribution in [3.8, 4) is 29.1 Å². The quantitative estimate of drug-likeness (QED) is 0.623. The molecule has 0 saturated carbocycles. The van der Waals surface area contributed by atoms with Crippen molar-refractivity contribution in [1.29, 1.82) is 5.26 Å². The highest BCUT2D eigenvalue weighted by Crippen LogP contribution is 2.33. The lowest BCUT2D eigenvalue weighted by molar-refractivity contribution is -0.112. The van der Waals surface area contributed by atoms with Crippen molar-refractivity contribution in [3.05, 3.63) is 47.5 Å². The number of rotatable bonds is 5. The molecule has 2 aromatic rings.